The lowest BCUT2D eigenvalue weighted by molar-refractivity contribution is -0.144. The van der Waals surface area contributed by atoms with Gasteiger partial charge in [0.25, 0.3) is 5.91 Å². The van der Waals surface area contributed by atoms with Crippen LogP contribution in [0.25, 0.3) is 22.0 Å². The van der Waals surface area contributed by atoms with Gasteiger partial charge in [0.15, 0.2) is 5.82 Å². The number of aromatic nitrogens is 6. The maximum atomic E-state index is 14.1. The molecule has 20 heteroatoms. The van der Waals surface area contributed by atoms with Crippen LogP contribution < -0.4 is 31.1 Å². The zero-order valence-corrected chi connectivity index (χ0v) is 44.2. The van der Waals surface area contributed by atoms with E-state index in [4.69, 9.17) is 9.97 Å². The quantitative estimate of drug-likeness (QED) is 0.0506. The Hall–Kier alpha value is -6.64. The fourth-order valence-corrected chi connectivity index (χ4v) is 9.86. The molecule has 0 spiro atoms. The molecule has 1 saturated heterocycles. The van der Waals surface area contributed by atoms with Crippen molar-refractivity contribution in [3.05, 3.63) is 88.4 Å². The van der Waals surface area contributed by atoms with Gasteiger partial charge in [-0.05, 0) is 75.3 Å². The SMILES string of the molecule is CCn1cnnc1-c1cccc(N2Cc3c(cc(N(C)C(C)C)nc3CNCC(=O)NCCCCCCCC(=O)N[C@H](C(=O)N3C[C@H](O)C[C@H]3C(=O)NCc3ccc(-c4scnc4C)cc3)C(C)(C)C)C2=O)n1. The van der Waals surface area contributed by atoms with Crippen LogP contribution in [-0.4, -0.2) is 120 Å². The molecule has 0 saturated carbocycles. The van der Waals surface area contributed by atoms with Crippen LogP contribution in [0.4, 0.5) is 11.6 Å². The molecule has 5 aromatic rings. The molecule has 0 unspecified atom stereocenters. The van der Waals surface area contributed by atoms with E-state index in [1.54, 1.807) is 22.6 Å². The molecule has 4 aromatic heterocycles. The fourth-order valence-electron chi connectivity index (χ4n) is 9.05. The number of aliphatic hydroxyl groups is 1. The lowest BCUT2D eigenvalue weighted by Crippen LogP contribution is -2.57. The van der Waals surface area contributed by atoms with Crippen molar-refractivity contribution in [2.45, 2.75) is 144 Å². The summed E-state index contributed by atoms with van der Waals surface area (Å²) in [6.45, 7) is 15.8. The Kier molecular flexibility index (Phi) is 18.1. The third-order valence-corrected chi connectivity index (χ3v) is 14.5. The molecule has 0 radical (unpaired) electrons. The number of hydrogen-bond acceptors (Lipinski definition) is 14. The van der Waals surface area contributed by atoms with E-state index in [0.717, 1.165) is 52.9 Å². The number of likely N-dealkylation sites (tertiary alicyclic amines) is 1. The molecular weight excluding hydrogens is 947 g/mol. The van der Waals surface area contributed by atoms with Gasteiger partial charge in [-0.1, -0.05) is 70.4 Å². The highest BCUT2D eigenvalue weighted by molar-refractivity contribution is 7.13. The molecule has 0 aliphatic carbocycles. The van der Waals surface area contributed by atoms with E-state index < -0.39 is 29.5 Å². The van der Waals surface area contributed by atoms with Gasteiger partial charge in [-0.25, -0.2) is 15.0 Å². The second-order valence-electron chi connectivity index (χ2n) is 20.3. The normalized spacial score (nSPS) is 15.9. The monoisotopic (exact) mass is 1020 g/mol. The van der Waals surface area contributed by atoms with Crippen LogP contribution in [-0.2, 0) is 45.4 Å². The number of pyridine rings is 2. The third-order valence-electron chi connectivity index (χ3n) is 13.5. The number of carbonyl (C=O) groups excluding carboxylic acids is 5. The maximum absolute atomic E-state index is 14.1. The zero-order chi connectivity index (χ0) is 52.4. The van der Waals surface area contributed by atoms with Gasteiger partial charge in [-0.2, -0.15) is 0 Å². The van der Waals surface area contributed by atoms with Crippen LogP contribution >= 0.6 is 11.3 Å². The van der Waals surface area contributed by atoms with Crippen molar-refractivity contribution in [1.82, 2.24) is 55.9 Å². The van der Waals surface area contributed by atoms with Crippen molar-refractivity contribution in [1.29, 1.82) is 0 Å². The summed E-state index contributed by atoms with van der Waals surface area (Å²) in [4.78, 5) is 87.9. The van der Waals surface area contributed by atoms with Crippen molar-refractivity contribution >= 4 is 52.5 Å². The van der Waals surface area contributed by atoms with Gasteiger partial charge < -0.3 is 40.7 Å². The number of unbranched alkanes of at least 4 members (excludes halogenated alkanes) is 4. The van der Waals surface area contributed by atoms with E-state index >= 15 is 0 Å². The summed E-state index contributed by atoms with van der Waals surface area (Å²) < 4.78 is 1.89. The molecule has 0 bridgehead atoms. The van der Waals surface area contributed by atoms with Crippen LogP contribution in [0.2, 0.25) is 0 Å². The van der Waals surface area contributed by atoms with Gasteiger partial charge in [-0.15, -0.1) is 21.5 Å². The smallest absolute Gasteiger partial charge is 0.260 e. The Bertz CT molecular complexity index is 2730. The first-order valence-corrected chi connectivity index (χ1v) is 26.3. The second kappa shape index (κ2) is 24.4. The minimum atomic E-state index is -0.891. The number of carbonyl (C=O) groups is 5. The number of hydrogen-bond donors (Lipinski definition) is 5. The highest BCUT2D eigenvalue weighted by Gasteiger charge is 2.44. The number of amides is 5. The Balaban J connectivity index is 0.818. The molecule has 2 aliphatic rings. The van der Waals surface area contributed by atoms with Crippen LogP contribution in [0.3, 0.4) is 0 Å². The van der Waals surface area contributed by atoms with Crippen LogP contribution in [0.5, 0.6) is 0 Å². The minimum Gasteiger partial charge on any atom is -0.391 e. The molecule has 73 heavy (non-hydrogen) atoms. The van der Waals surface area contributed by atoms with E-state index in [1.165, 1.54) is 4.90 Å². The molecule has 6 heterocycles. The summed E-state index contributed by atoms with van der Waals surface area (Å²) in [6, 6.07) is 13.6. The van der Waals surface area contributed by atoms with Gasteiger partial charge in [0.1, 0.15) is 35.7 Å². The summed E-state index contributed by atoms with van der Waals surface area (Å²) in [7, 11) is 1.94. The number of β-amino-alcohol motifs (C(OH)–C–C–N with tert-alkyl or cyclic N) is 1. The largest absolute Gasteiger partial charge is 0.391 e. The van der Waals surface area contributed by atoms with Gasteiger partial charge >= 0.3 is 0 Å². The topological polar surface area (TPSA) is 233 Å². The number of rotatable bonds is 23. The van der Waals surface area contributed by atoms with Crippen LogP contribution in [0.15, 0.2) is 60.4 Å². The first-order valence-electron chi connectivity index (χ1n) is 25.4. The fraction of sp³-hybridized carbons (Fsp3) is 0.509. The Morgan fingerprint density at radius 3 is 2.42 bits per heavy atom. The summed E-state index contributed by atoms with van der Waals surface area (Å²) in [6.07, 6.45) is 5.10. The summed E-state index contributed by atoms with van der Waals surface area (Å²) in [5, 5.41) is 31.0. The Labute approximate surface area is 432 Å². The molecule has 5 amide bonds. The average Bonchev–Trinajstić information content (AvgIpc) is 4.19. The zero-order valence-electron chi connectivity index (χ0n) is 43.4. The number of aryl methyl sites for hydroxylation is 2. The average molecular weight is 1020 g/mol. The number of anilines is 2. The molecule has 7 rings (SSSR count). The van der Waals surface area contributed by atoms with E-state index in [1.807, 2.05) is 105 Å². The molecule has 5 N–H and O–H groups in total. The minimum absolute atomic E-state index is 0.00759. The van der Waals surface area contributed by atoms with Gasteiger partial charge in [0.05, 0.1) is 46.5 Å². The molecule has 2 aliphatic heterocycles. The highest BCUT2D eigenvalue weighted by atomic mass is 32.1. The van der Waals surface area contributed by atoms with E-state index in [9.17, 15) is 29.1 Å². The summed E-state index contributed by atoms with van der Waals surface area (Å²) >= 11 is 1.58. The lowest BCUT2D eigenvalue weighted by atomic mass is 9.85. The van der Waals surface area contributed by atoms with Crippen molar-refractivity contribution in [3.63, 3.8) is 0 Å². The molecule has 19 nitrogen and oxygen atoms in total. The summed E-state index contributed by atoms with van der Waals surface area (Å²) in [5.41, 5.74) is 6.74. The maximum Gasteiger partial charge on any atom is 0.260 e. The van der Waals surface area contributed by atoms with Crippen molar-refractivity contribution in [3.8, 4) is 22.0 Å². The molecule has 3 atom stereocenters. The van der Waals surface area contributed by atoms with Gasteiger partial charge in [0, 0.05) is 64.2 Å². The van der Waals surface area contributed by atoms with Crippen LogP contribution in [0.1, 0.15) is 119 Å². The van der Waals surface area contributed by atoms with E-state index in [-0.39, 0.29) is 75.2 Å². The standard InChI is InChI=1S/C53H71N13O6S/c1-9-64-31-58-62-49(64)40-16-15-17-43(59-40)66-30-39-38(51(66)71)25-44(63(8)33(2)3)60-41(39)27-54-28-46(69)55-23-14-12-10-11-13-18-45(68)61-48(53(5,6)7)52(72)65-29-37(67)24-42(65)50(70)56-26-35-19-21-36(22-20-35)47-34(4)57-32-73-47/h15-17,19-22,25,31-33,37,42,48,54,67H,9-14,18,23-24,26-30H2,1-8H3,(H,55,69)(H,56,70)(H,61,68)/t37-,42+,48-/m1/s1. The Morgan fingerprint density at radius 2 is 1.71 bits per heavy atom. The molecular formula is C53H71N13O6S. The number of thiazole rings is 1. The molecule has 390 valence electrons. The molecule has 1 aromatic carbocycles. The number of benzene rings is 1. The lowest BCUT2D eigenvalue weighted by Gasteiger charge is -2.35. The van der Waals surface area contributed by atoms with E-state index in [0.29, 0.717) is 53.9 Å². The number of nitrogens with zero attached hydrogens (tertiary/aromatic N) is 9. The number of aliphatic hydroxyl groups excluding tert-OH is 1. The van der Waals surface area contributed by atoms with Gasteiger partial charge in [-0.3, -0.25) is 28.9 Å². The van der Waals surface area contributed by atoms with Gasteiger partial charge in [0.2, 0.25) is 23.6 Å². The number of nitrogens with one attached hydrogen (secondary N) is 4. The van der Waals surface area contributed by atoms with Crippen molar-refractivity contribution in [2.75, 3.05) is 36.5 Å². The van der Waals surface area contributed by atoms with Crippen molar-refractivity contribution in [2.24, 2.45) is 5.41 Å². The first-order chi connectivity index (χ1) is 34.9. The predicted octanol–water partition coefficient (Wildman–Crippen LogP) is 5.55. The van der Waals surface area contributed by atoms with E-state index in [2.05, 4.69) is 50.3 Å². The first kappa shape index (κ1) is 54.1. The number of fused-ring (bicyclic) bond motifs is 1. The summed E-state index contributed by atoms with van der Waals surface area (Å²) in [5.74, 6) is 0.482. The van der Waals surface area contributed by atoms with Crippen LogP contribution in [0, 0.1) is 12.3 Å². The Morgan fingerprint density at radius 1 is 0.959 bits per heavy atom. The predicted molar refractivity (Wildman–Crippen MR) is 281 cm³/mol. The second-order valence-corrected chi connectivity index (χ2v) is 21.1. The highest BCUT2D eigenvalue weighted by Crippen LogP contribution is 2.33. The molecule has 1 fully saturated rings. The van der Waals surface area contributed by atoms with Crippen molar-refractivity contribution < 1.29 is 29.1 Å². The third kappa shape index (κ3) is 13.5.